The minimum absolute atomic E-state index is 0.131. The van der Waals surface area contributed by atoms with Crippen LogP contribution in [0.25, 0.3) is 11.4 Å². The molecule has 1 aromatic heterocycles. The standard InChI is InChI=1S/C14H16N4O2/c1-20-14(19)10-4-7-12-16-13(17-18(12)8-10)9-2-5-11(15)6-3-9/h2-3,5-6,10H,4,7-8,15H2,1H3. The van der Waals surface area contributed by atoms with Gasteiger partial charge in [-0.25, -0.2) is 9.67 Å². The van der Waals surface area contributed by atoms with Crippen LogP contribution >= 0.6 is 0 Å². The third kappa shape index (κ3) is 2.24. The summed E-state index contributed by atoms with van der Waals surface area (Å²) in [6.45, 7) is 0.532. The van der Waals surface area contributed by atoms with Gasteiger partial charge in [0.1, 0.15) is 5.82 Å². The fraction of sp³-hybridized carbons (Fsp3) is 0.357. The predicted octanol–water partition coefficient (Wildman–Crippen LogP) is 1.26. The highest BCUT2D eigenvalue weighted by molar-refractivity contribution is 5.72. The van der Waals surface area contributed by atoms with Crippen molar-refractivity contribution in [1.29, 1.82) is 0 Å². The fourth-order valence-electron chi connectivity index (χ4n) is 2.42. The molecule has 0 saturated carbocycles. The quantitative estimate of drug-likeness (QED) is 0.657. The van der Waals surface area contributed by atoms with E-state index in [1.54, 1.807) is 4.68 Å². The minimum Gasteiger partial charge on any atom is -0.469 e. The lowest BCUT2D eigenvalue weighted by atomic mass is 10.0. The van der Waals surface area contributed by atoms with Gasteiger partial charge >= 0.3 is 5.97 Å². The zero-order chi connectivity index (χ0) is 14.1. The van der Waals surface area contributed by atoms with Crippen molar-refractivity contribution in [2.24, 2.45) is 5.92 Å². The third-order valence-electron chi connectivity index (χ3n) is 3.56. The number of hydrogen-bond acceptors (Lipinski definition) is 5. The SMILES string of the molecule is COC(=O)C1CCc2nc(-c3ccc(N)cc3)nn2C1. The van der Waals surface area contributed by atoms with Gasteiger partial charge in [-0.1, -0.05) is 0 Å². The summed E-state index contributed by atoms with van der Waals surface area (Å²) in [6, 6.07) is 7.45. The first kappa shape index (κ1) is 12.7. The number of nitrogens with two attached hydrogens (primary N) is 1. The predicted molar refractivity (Wildman–Crippen MR) is 73.7 cm³/mol. The van der Waals surface area contributed by atoms with Crippen molar-refractivity contribution in [3.63, 3.8) is 0 Å². The van der Waals surface area contributed by atoms with Crippen LogP contribution in [0.4, 0.5) is 5.69 Å². The van der Waals surface area contributed by atoms with Gasteiger partial charge in [0.15, 0.2) is 5.82 Å². The highest BCUT2D eigenvalue weighted by Crippen LogP contribution is 2.23. The molecule has 6 heteroatoms. The van der Waals surface area contributed by atoms with E-state index in [2.05, 4.69) is 10.1 Å². The van der Waals surface area contributed by atoms with Crippen molar-refractivity contribution in [3.8, 4) is 11.4 Å². The average molecular weight is 272 g/mol. The number of carbonyl (C=O) groups is 1. The first-order valence-electron chi connectivity index (χ1n) is 6.55. The van der Waals surface area contributed by atoms with E-state index in [1.165, 1.54) is 7.11 Å². The molecule has 6 nitrogen and oxygen atoms in total. The highest BCUT2D eigenvalue weighted by atomic mass is 16.5. The summed E-state index contributed by atoms with van der Waals surface area (Å²) in [5, 5.41) is 4.47. The molecule has 0 aliphatic carbocycles. The first-order valence-corrected chi connectivity index (χ1v) is 6.55. The molecule has 1 aliphatic heterocycles. The summed E-state index contributed by atoms with van der Waals surface area (Å²) in [7, 11) is 1.42. The average Bonchev–Trinajstić information content (AvgIpc) is 2.90. The van der Waals surface area contributed by atoms with Gasteiger partial charge in [-0.05, 0) is 30.7 Å². The number of anilines is 1. The van der Waals surface area contributed by atoms with E-state index in [4.69, 9.17) is 10.5 Å². The van der Waals surface area contributed by atoms with E-state index in [0.717, 1.165) is 24.2 Å². The fourth-order valence-corrected chi connectivity index (χ4v) is 2.42. The Kier molecular flexibility index (Phi) is 3.14. The molecule has 1 aromatic carbocycles. The van der Waals surface area contributed by atoms with Crippen LogP contribution in [0.2, 0.25) is 0 Å². The summed E-state index contributed by atoms with van der Waals surface area (Å²) in [4.78, 5) is 16.1. The second-order valence-electron chi connectivity index (χ2n) is 4.91. The Balaban J connectivity index is 1.86. The normalized spacial score (nSPS) is 17.6. The number of aromatic nitrogens is 3. The van der Waals surface area contributed by atoms with Crippen LogP contribution in [0, 0.1) is 5.92 Å². The smallest absolute Gasteiger partial charge is 0.310 e. The van der Waals surface area contributed by atoms with Crippen LogP contribution in [0.3, 0.4) is 0 Å². The number of esters is 1. The van der Waals surface area contributed by atoms with Crippen molar-refractivity contribution < 1.29 is 9.53 Å². The Morgan fingerprint density at radius 2 is 2.15 bits per heavy atom. The molecule has 2 N–H and O–H groups in total. The molecule has 1 unspecified atom stereocenters. The van der Waals surface area contributed by atoms with Crippen LogP contribution < -0.4 is 5.73 Å². The summed E-state index contributed by atoms with van der Waals surface area (Å²) < 4.78 is 6.60. The van der Waals surface area contributed by atoms with Crippen molar-refractivity contribution in [2.75, 3.05) is 12.8 Å². The van der Waals surface area contributed by atoms with Gasteiger partial charge in [0.2, 0.25) is 0 Å². The van der Waals surface area contributed by atoms with Crippen LogP contribution in [0.15, 0.2) is 24.3 Å². The molecule has 0 fully saturated rings. The molecular weight excluding hydrogens is 256 g/mol. The molecular formula is C14H16N4O2. The molecule has 1 atom stereocenters. The maximum absolute atomic E-state index is 11.6. The number of aryl methyl sites for hydroxylation is 1. The van der Waals surface area contributed by atoms with Gasteiger partial charge < -0.3 is 10.5 Å². The third-order valence-corrected chi connectivity index (χ3v) is 3.56. The maximum Gasteiger partial charge on any atom is 0.310 e. The number of nitrogens with zero attached hydrogens (tertiary/aromatic N) is 3. The minimum atomic E-state index is -0.180. The molecule has 1 aliphatic rings. The van der Waals surface area contributed by atoms with E-state index in [9.17, 15) is 4.79 Å². The van der Waals surface area contributed by atoms with Crippen LogP contribution in [-0.2, 0) is 22.5 Å². The second kappa shape index (κ2) is 4.96. The summed E-state index contributed by atoms with van der Waals surface area (Å²) in [6.07, 6.45) is 1.49. The molecule has 104 valence electrons. The van der Waals surface area contributed by atoms with Gasteiger partial charge in [0, 0.05) is 17.7 Å². The monoisotopic (exact) mass is 272 g/mol. The van der Waals surface area contributed by atoms with Gasteiger partial charge in [-0.3, -0.25) is 4.79 Å². The lowest BCUT2D eigenvalue weighted by molar-refractivity contribution is -0.146. The summed E-state index contributed by atoms with van der Waals surface area (Å²) in [5.74, 6) is 1.27. The topological polar surface area (TPSA) is 83.0 Å². The molecule has 20 heavy (non-hydrogen) atoms. The lowest BCUT2D eigenvalue weighted by Crippen LogP contribution is -2.28. The zero-order valence-electron chi connectivity index (χ0n) is 11.2. The second-order valence-corrected chi connectivity index (χ2v) is 4.91. The molecule has 0 saturated heterocycles. The van der Waals surface area contributed by atoms with Gasteiger partial charge in [-0.15, -0.1) is 0 Å². The largest absolute Gasteiger partial charge is 0.469 e. The Hall–Kier alpha value is -2.37. The molecule has 0 bridgehead atoms. The van der Waals surface area contributed by atoms with E-state index in [0.29, 0.717) is 18.1 Å². The summed E-state index contributed by atoms with van der Waals surface area (Å²) in [5.41, 5.74) is 7.31. The number of fused-ring (bicyclic) bond motifs is 1. The Labute approximate surface area is 116 Å². The maximum atomic E-state index is 11.6. The molecule has 0 radical (unpaired) electrons. The van der Waals surface area contributed by atoms with Crippen molar-refractivity contribution in [3.05, 3.63) is 30.1 Å². The van der Waals surface area contributed by atoms with E-state index >= 15 is 0 Å². The van der Waals surface area contributed by atoms with Gasteiger partial charge in [0.25, 0.3) is 0 Å². The summed E-state index contributed by atoms with van der Waals surface area (Å²) >= 11 is 0. The first-order chi connectivity index (χ1) is 9.67. The van der Waals surface area contributed by atoms with Gasteiger partial charge in [-0.2, -0.15) is 5.10 Å². The van der Waals surface area contributed by atoms with E-state index < -0.39 is 0 Å². The van der Waals surface area contributed by atoms with Crippen molar-refractivity contribution in [1.82, 2.24) is 14.8 Å². The zero-order valence-corrected chi connectivity index (χ0v) is 11.2. The van der Waals surface area contributed by atoms with Crippen molar-refractivity contribution >= 4 is 11.7 Å². The van der Waals surface area contributed by atoms with Crippen LogP contribution in [0.5, 0.6) is 0 Å². The van der Waals surface area contributed by atoms with E-state index in [-0.39, 0.29) is 11.9 Å². The molecule has 3 rings (SSSR count). The van der Waals surface area contributed by atoms with Crippen LogP contribution in [-0.4, -0.2) is 27.8 Å². The molecule has 0 spiro atoms. The number of nitrogen functional groups attached to an aromatic ring is 1. The van der Waals surface area contributed by atoms with Gasteiger partial charge in [0.05, 0.1) is 19.6 Å². The molecule has 2 aromatic rings. The van der Waals surface area contributed by atoms with Crippen LogP contribution in [0.1, 0.15) is 12.2 Å². The number of hydrogen-bond donors (Lipinski definition) is 1. The number of ether oxygens (including phenoxy) is 1. The number of methoxy groups -OCH3 is 1. The number of carbonyl (C=O) groups excluding carboxylic acids is 1. The van der Waals surface area contributed by atoms with Crippen molar-refractivity contribution in [2.45, 2.75) is 19.4 Å². The number of rotatable bonds is 2. The van der Waals surface area contributed by atoms with E-state index in [1.807, 2.05) is 24.3 Å². The Bertz CT molecular complexity index is 633. The number of benzene rings is 1. The molecule has 0 amide bonds. The lowest BCUT2D eigenvalue weighted by Gasteiger charge is -2.19. The Morgan fingerprint density at radius 1 is 1.40 bits per heavy atom. The molecule has 2 heterocycles. The highest BCUT2D eigenvalue weighted by Gasteiger charge is 2.27. The Morgan fingerprint density at radius 3 is 2.85 bits per heavy atom.